The van der Waals surface area contributed by atoms with Gasteiger partial charge in [0, 0.05) is 0 Å². The Kier molecular flexibility index (Phi) is 7.47. The summed E-state index contributed by atoms with van der Waals surface area (Å²) < 4.78 is 1.95. The van der Waals surface area contributed by atoms with Gasteiger partial charge in [-0.3, -0.25) is 0 Å². The van der Waals surface area contributed by atoms with E-state index in [9.17, 15) is 0 Å². The van der Waals surface area contributed by atoms with Crippen LogP contribution in [0.15, 0.2) is 0 Å². The minimum absolute atomic E-state index is 0.977. The zero-order chi connectivity index (χ0) is 12.2. The molecule has 0 aromatic rings. The average Bonchev–Trinajstić information content (AvgIpc) is 2.01. The number of thiocarbonyl (C=S) groups is 2. The molecule has 0 fully saturated rings. The molecule has 0 amide bonds. The monoisotopic (exact) mass is 390 g/mol. The third kappa shape index (κ3) is 7.25. The molecular formula is C8H18N2S4Sn. The normalized spacial score (nSPS) is 11.1. The van der Waals surface area contributed by atoms with E-state index in [2.05, 4.69) is 9.88 Å². The molecule has 88 valence electrons. The third-order valence-corrected chi connectivity index (χ3v) is 22.3. The number of hydrogen-bond donors (Lipinski definition) is 0. The molecule has 0 atom stereocenters. The van der Waals surface area contributed by atoms with E-state index in [4.69, 9.17) is 24.4 Å². The Morgan fingerprint density at radius 1 is 0.867 bits per heavy atom. The second kappa shape index (κ2) is 6.88. The Morgan fingerprint density at radius 2 is 1.13 bits per heavy atom. The maximum atomic E-state index is 5.32. The van der Waals surface area contributed by atoms with Crippen molar-refractivity contribution in [3.8, 4) is 0 Å². The van der Waals surface area contributed by atoms with Gasteiger partial charge in [0.25, 0.3) is 0 Å². The van der Waals surface area contributed by atoms with Gasteiger partial charge in [-0.1, -0.05) is 0 Å². The van der Waals surface area contributed by atoms with Crippen molar-refractivity contribution in [3.63, 3.8) is 0 Å². The van der Waals surface area contributed by atoms with E-state index < -0.39 is 15.6 Å². The molecule has 0 saturated heterocycles. The molecular weight excluding hydrogens is 371 g/mol. The summed E-state index contributed by atoms with van der Waals surface area (Å²) in [5.74, 6) is 0. The van der Waals surface area contributed by atoms with Gasteiger partial charge in [-0.2, -0.15) is 0 Å². The Balaban J connectivity index is 4.31. The van der Waals surface area contributed by atoms with E-state index in [1.165, 1.54) is 0 Å². The first kappa shape index (κ1) is 16.3. The predicted octanol–water partition coefficient (Wildman–Crippen LogP) is 2.85. The first-order valence-electron chi connectivity index (χ1n) is 4.46. The SMILES string of the molecule is CN(C)C(=S)[S][Sn]([CH3])([CH3])[S]C(=S)N(C)C. The molecule has 0 spiro atoms. The van der Waals surface area contributed by atoms with Crippen LogP contribution in [0.2, 0.25) is 9.88 Å². The van der Waals surface area contributed by atoms with Crippen molar-refractivity contribution in [2.45, 2.75) is 9.88 Å². The molecule has 0 aromatic carbocycles. The summed E-state index contributed by atoms with van der Waals surface area (Å²) in [6.07, 6.45) is 0. The van der Waals surface area contributed by atoms with Crippen molar-refractivity contribution in [3.05, 3.63) is 0 Å². The number of nitrogens with zero attached hydrogens (tertiary/aromatic N) is 2. The van der Waals surface area contributed by atoms with E-state index in [0.717, 1.165) is 8.64 Å². The molecule has 0 aromatic heterocycles. The fourth-order valence-corrected chi connectivity index (χ4v) is 27.1. The molecule has 0 unspecified atom stereocenters. The van der Waals surface area contributed by atoms with Gasteiger partial charge in [0.15, 0.2) is 0 Å². The van der Waals surface area contributed by atoms with E-state index in [1.54, 1.807) is 0 Å². The van der Waals surface area contributed by atoms with E-state index in [1.807, 2.05) is 55.9 Å². The van der Waals surface area contributed by atoms with Crippen LogP contribution in [0, 0.1) is 0 Å². The van der Waals surface area contributed by atoms with Gasteiger partial charge in [0.2, 0.25) is 0 Å². The fraction of sp³-hybridized carbons (Fsp3) is 0.750. The van der Waals surface area contributed by atoms with Crippen LogP contribution in [-0.2, 0) is 0 Å². The van der Waals surface area contributed by atoms with Crippen LogP contribution < -0.4 is 0 Å². The van der Waals surface area contributed by atoms with Crippen LogP contribution in [0.25, 0.3) is 0 Å². The molecule has 0 bridgehead atoms. The van der Waals surface area contributed by atoms with Gasteiger partial charge in [0.1, 0.15) is 0 Å². The second-order valence-corrected chi connectivity index (χ2v) is 33.3. The second-order valence-electron chi connectivity index (χ2n) is 3.92. The molecule has 0 aliphatic rings. The maximum absolute atomic E-state index is 5.32. The Bertz CT molecular complexity index is 229. The molecule has 0 saturated carbocycles. The van der Waals surface area contributed by atoms with Crippen LogP contribution in [-0.4, -0.2) is 62.2 Å². The van der Waals surface area contributed by atoms with Gasteiger partial charge in [0.05, 0.1) is 0 Å². The topological polar surface area (TPSA) is 6.48 Å². The zero-order valence-corrected chi connectivity index (χ0v) is 16.1. The Morgan fingerprint density at radius 3 is 1.33 bits per heavy atom. The van der Waals surface area contributed by atoms with Crippen molar-refractivity contribution in [1.29, 1.82) is 0 Å². The third-order valence-electron chi connectivity index (χ3n) is 1.40. The number of hydrogen-bond acceptors (Lipinski definition) is 4. The Labute approximate surface area is 113 Å². The summed E-state index contributed by atoms with van der Waals surface area (Å²) in [4.78, 5) is 8.68. The average molecular weight is 389 g/mol. The van der Waals surface area contributed by atoms with Gasteiger partial charge >= 0.3 is 114 Å². The van der Waals surface area contributed by atoms with Crippen molar-refractivity contribution in [1.82, 2.24) is 9.80 Å². The summed E-state index contributed by atoms with van der Waals surface area (Å²) in [7, 11) is 11.7. The van der Waals surface area contributed by atoms with E-state index in [0.29, 0.717) is 0 Å². The van der Waals surface area contributed by atoms with Crippen LogP contribution >= 0.6 is 42.3 Å². The molecule has 2 nitrogen and oxygen atoms in total. The fourth-order valence-electron chi connectivity index (χ4n) is 0.624. The first-order valence-corrected chi connectivity index (χ1v) is 19.6. The van der Waals surface area contributed by atoms with Gasteiger partial charge in [-0.25, -0.2) is 0 Å². The van der Waals surface area contributed by atoms with E-state index in [-0.39, 0.29) is 0 Å². The molecule has 0 heterocycles. The van der Waals surface area contributed by atoms with Crippen molar-refractivity contribution < 1.29 is 0 Å². The quantitative estimate of drug-likeness (QED) is 0.526. The summed E-state index contributed by atoms with van der Waals surface area (Å²) in [6, 6.07) is 0. The summed E-state index contributed by atoms with van der Waals surface area (Å²) in [5, 5.41) is 0. The van der Waals surface area contributed by atoms with Crippen LogP contribution in [0.3, 0.4) is 0 Å². The van der Waals surface area contributed by atoms with E-state index >= 15 is 0 Å². The standard InChI is InChI=1S/2C3H7NS2.2CH3.Sn/c2*1-4(2)3(5)6;;;/h2*1-2H3,(H,5,6);2*1H3;/q;;;;+2/p-2. The Hall–Kier alpha value is 1.28. The van der Waals surface area contributed by atoms with Crippen LogP contribution in [0.4, 0.5) is 0 Å². The molecule has 0 aliphatic heterocycles. The predicted molar refractivity (Wildman–Crippen MR) is 85.2 cm³/mol. The molecule has 7 heteroatoms. The summed E-state index contributed by atoms with van der Waals surface area (Å²) >= 11 is 8.40. The van der Waals surface area contributed by atoms with Crippen LogP contribution in [0.1, 0.15) is 0 Å². The summed E-state index contributed by atoms with van der Waals surface area (Å²) in [6.45, 7) is 0. The van der Waals surface area contributed by atoms with Crippen LogP contribution in [0.5, 0.6) is 0 Å². The molecule has 0 N–H and O–H groups in total. The zero-order valence-electron chi connectivity index (χ0n) is 10.0. The van der Waals surface area contributed by atoms with Crippen molar-refractivity contribution in [2.24, 2.45) is 0 Å². The minimum atomic E-state index is -2.24. The molecule has 0 rings (SSSR count). The van der Waals surface area contributed by atoms with Crippen molar-refractivity contribution >= 4 is 66.6 Å². The molecule has 0 radical (unpaired) electrons. The van der Waals surface area contributed by atoms with Gasteiger partial charge in [-0.05, 0) is 0 Å². The first-order chi connectivity index (χ1) is 6.65. The van der Waals surface area contributed by atoms with Gasteiger partial charge < -0.3 is 0 Å². The summed E-state index contributed by atoms with van der Waals surface area (Å²) in [5.41, 5.74) is 0. The molecule has 0 aliphatic carbocycles. The van der Waals surface area contributed by atoms with Crippen molar-refractivity contribution in [2.75, 3.05) is 28.2 Å². The molecule has 15 heavy (non-hydrogen) atoms. The van der Waals surface area contributed by atoms with Gasteiger partial charge in [-0.15, -0.1) is 0 Å². The number of rotatable bonds is 2.